The van der Waals surface area contributed by atoms with Crippen molar-refractivity contribution >= 4 is 29.1 Å². The Morgan fingerprint density at radius 2 is 2.07 bits per heavy atom. The molecule has 0 bridgehead atoms. The maximum absolute atomic E-state index is 12.9. The van der Waals surface area contributed by atoms with E-state index in [4.69, 9.17) is 17.0 Å². The minimum atomic E-state index is -0.214. The molecule has 1 aliphatic rings. The second kappa shape index (κ2) is 10.3. The van der Waals surface area contributed by atoms with Gasteiger partial charge < -0.3 is 20.3 Å². The molecule has 1 fully saturated rings. The fourth-order valence-corrected chi connectivity index (χ4v) is 3.64. The van der Waals surface area contributed by atoms with E-state index in [1.807, 2.05) is 6.07 Å². The Morgan fingerprint density at radius 1 is 1.28 bits per heavy atom. The quantitative estimate of drug-likeness (QED) is 0.523. The monoisotopic (exact) mass is 417 g/mol. The second-order valence-electron chi connectivity index (χ2n) is 7.24. The zero-order chi connectivity index (χ0) is 20.6. The highest BCUT2D eigenvalue weighted by Gasteiger charge is 2.21. The maximum atomic E-state index is 12.9. The van der Waals surface area contributed by atoms with Crippen LogP contribution in [0.4, 0.5) is 16.2 Å². The van der Waals surface area contributed by atoms with Crippen LogP contribution in [0.3, 0.4) is 0 Å². The first kappa shape index (κ1) is 21.2. The second-order valence-corrected chi connectivity index (χ2v) is 7.65. The highest BCUT2D eigenvalue weighted by Crippen LogP contribution is 2.26. The number of methoxy groups -OCH3 is 1. The van der Waals surface area contributed by atoms with Gasteiger partial charge >= 0.3 is 0 Å². The molecule has 156 valence electrons. The first-order valence-corrected chi connectivity index (χ1v) is 10.4. The van der Waals surface area contributed by atoms with Crippen LogP contribution in [0.5, 0.6) is 5.88 Å². The fraction of sp³-hybridized carbons (Fsp3) is 0.476. The van der Waals surface area contributed by atoms with Crippen molar-refractivity contribution in [1.82, 2.24) is 15.3 Å². The molecule has 2 aromatic rings. The van der Waals surface area contributed by atoms with Crippen LogP contribution in [0.25, 0.3) is 0 Å². The lowest BCUT2D eigenvalue weighted by atomic mass is 10.0. The van der Waals surface area contributed by atoms with E-state index < -0.39 is 0 Å². The van der Waals surface area contributed by atoms with Crippen LogP contribution in [-0.4, -0.2) is 41.3 Å². The van der Waals surface area contributed by atoms with Crippen molar-refractivity contribution in [1.29, 1.82) is 0 Å². The number of thiocarbonyl (C=S) groups is 1. The number of nitrogens with zero attached hydrogens (tertiary/aromatic N) is 3. The topological polar surface area (TPSA) is 62.3 Å². The van der Waals surface area contributed by atoms with Crippen LogP contribution >= 0.6 is 12.2 Å². The number of aryl methyl sites for hydroxylation is 1. The van der Waals surface area contributed by atoms with Crippen LogP contribution < -0.4 is 20.3 Å². The summed E-state index contributed by atoms with van der Waals surface area (Å²) >= 11 is 5.38. The summed E-state index contributed by atoms with van der Waals surface area (Å²) in [6.45, 7) is 3.89. The molecular weight excluding hydrogens is 389 g/mol. The first-order chi connectivity index (χ1) is 14.0. The van der Waals surface area contributed by atoms with Crippen molar-refractivity contribution in [3.8, 4) is 5.88 Å². The number of hydrogen-bond acceptors (Lipinski definition) is 5. The molecule has 1 saturated heterocycles. The summed E-state index contributed by atoms with van der Waals surface area (Å²) in [5, 5.41) is 6.70. The summed E-state index contributed by atoms with van der Waals surface area (Å²) in [6, 6.07) is 8.88. The van der Waals surface area contributed by atoms with Crippen LogP contribution in [-0.2, 0) is 6.42 Å². The predicted molar refractivity (Wildman–Crippen MR) is 118 cm³/mol. The Hall–Kier alpha value is -2.48. The van der Waals surface area contributed by atoms with Crippen molar-refractivity contribution in [3.63, 3.8) is 0 Å². The van der Waals surface area contributed by atoms with Gasteiger partial charge in [0.2, 0.25) is 11.8 Å². The Balaban J connectivity index is 1.53. The molecule has 0 amide bonds. The third kappa shape index (κ3) is 6.25. The van der Waals surface area contributed by atoms with E-state index in [1.165, 1.54) is 18.6 Å². The Labute approximate surface area is 176 Å². The zero-order valence-corrected chi connectivity index (χ0v) is 17.8. The van der Waals surface area contributed by atoms with Gasteiger partial charge in [0.05, 0.1) is 7.11 Å². The number of halogens is 1. The number of nitrogens with one attached hydrogen (secondary N) is 2. The molecule has 0 aliphatic carbocycles. The standard InChI is InChI=1S/C21H28FN5OS/c1-15-6-3-4-13-27(15)18-14-19(28-2)25-20(24-18)26-21(29)23-12-5-7-16-8-10-17(22)11-9-16/h8-11,14-15H,3-7,12-13H2,1-2H3,(H2,23,24,25,26,29)/t15-/m0/s1. The van der Waals surface area contributed by atoms with Crippen molar-refractivity contribution in [2.45, 2.75) is 45.1 Å². The van der Waals surface area contributed by atoms with E-state index in [2.05, 4.69) is 32.4 Å². The lowest BCUT2D eigenvalue weighted by Gasteiger charge is -2.34. The molecule has 0 unspecified atom stereocenters. The van der Waals surface area contributed by atoms with Gasteiger partial charge in [0, 0.05) is 25.2 Å². The lowest BCUT2D eigenvalue weighted by molar-refractivity contribution is 0.396. The number of hydrogen-bond donors (Lipinski definition) is 2. The van der Waals surface area contributed by atoms with Crippen LogP contribution in [0, 0.1) is 5.82 Å². The number of anilines is 2. The SMILES string of the molecule is COc1cc(N2CCCC[C@@H]2C)nc(NC(=S)NCCCc2ccc(F)cc2)n1. The minimum absolute atomic E-state index is 0.214. The lowest BCUT2D eigenvalue weighted by Crippen LogP contribution is -2.38. The molecule has 0 radical (unpaired) electrons. The largest absolute Gasteiger partial charge is 0.481 e. The predicted octanol–water partition coefficient (Wildman–Crippen LogP) is 3.92. The van der Waals surface area contributed by atoms with Crippen molar-refractivity contribution < 1.29 is 9.13 Å². The van der Waals surface area contributed by atoms with Crippen LogP contribution in [0.1, 0.15) is 38.2 Å². The van der Waals surface area contributed by atoms with Gasteiger partial charge in [0.15, 0.2) is 5.11 Å². The van der Waals surface area contributed by atoms with E-state index in [1.54, 1.807) is 19.2 Å². The van der Waals surface area contributed by atoms with Gasteiger partial charge in [-0.15, -0.1) is 0 Å². The summed E-state index contributed by atoms with van der Waals surface area (Å²) in [4.78, 5) is 11.3. The van der Waals surface area contributed by atoms with E-state index >= 15 is 0 Å². The highest BCUT2D eigenvalue weighted by atomic mass is 32.1. The van der Waals surface area contributed by atoms with Gasteiger partial charge in [-0.25, -0.2) is 4.39 Å². The van der Waals surface area contributed by atoms with Crippen molar-refractivity contribution in [3.05, 3.63) is 41.7 Å². The van der Waals surface area contributed by atoms with Crippen molar-refractivity contribution in [2.24, 2.45) is 0 Å². The fourth-order valence-electron chi connectivity index (χ4n) is 3.45. The minimum Gasteiger partial charge on any atom is -0.481 e. The van der Waals surface area contributed by atoms with Gasteiger partial charge in [-0.05, 0) is 68.9 Å². The number of aromatic nitrogens is 2. The molecule has 3 rings (SSSR count). The zero-order valence-electron chi connectivity index (χ0n) is 16.9. The molecule has 1 atom stereocenters. The Kier molecular flexibility index (Phi) is 7.57. The third-order valence-electron chi connectivity index (χ3n) is 5.06. The Morgan fingerprint density at radius 3 is 2.79 bits per heavy atom. The third-order valence-corrected chi connectivity index (χ3v) is 5.31. The Bertz CT molecular complexity index is 817. The van der Waals surface area contributed by atoms with E-state index in [9.17, 15) is 4.39 Å². The number of benzene rings is 1. The van der Waals surface area contributed by atoms with Gasteiger partial charge in [0.1, 0.15) is 11.6 Å². The smallest absolute Gasteiger partial charge is 0.234 e. The summed E-state index contributed by atoms with van der Waals surface area (Å²) < 4.78 is 18.3. The van der Waals surface area contributed by atoms with Crippen molar-refractivity contribution in [2.75, 3.05) is 30.4 Å². The summed E-state index contributed by atoms with van der Waals surface area (Å²) in [5.41, 5.74) is 1.10. The van der Waals surface area contributed by atoms with Crippen LogP contribution in [0.15, 0.2) is 30.3 Å². The molecule has 29 heavy (non-hydrogen) atoms. The number of rotatable bonds is 7. The molecule has 1 aliphatic heterocycles. The van der Waals surface area contributed by atoms with E-state index in [0.29, 0.717) is 29.5 Å². The molecular formula is C21H28FN5OS. The molecule has 0 saturated carbocycles. The molecule has 8 heteroatoms. The van der Waals surface area contributed by atoms with E-state index in [0.717, 1.165) is 43.6 Å². The van der Waals surface area contributed by atoms with E-state index in [-0.39, 0.29) is 5.82 Å². The number of piperidine rings is 1. The van der Waals surface area contributed by atoms with Gasteiger partial charge in [-0.3, -0.25) is 0 Å². The summed E-state index contributed by atoms with van der Waals surface area (Å²) in [6.07, 6.45) is 5.29. The molecule has 1 aromatic carbocycles. The normalized spacial score (nSPS) is 16.4. The number of ether oxygens (including phenoxy) is 1. The van der Waals surface area contributed by atoms with Gasteiger partial charge in [0.25, 0.3) is 0 Å². The molecule has 2 N–H and O–H groups in total. The van der Waals surface area contributed by atoms with Crippen LogP contribution in [0.2, 0.25) is 0 Å². The van der Waals surface area contributed by atoms with Gasteiger partial charge in [-0.1, -0.05) is 12.1 Å². The molecule has 1 aromatic heterocycles. The summed E-state index contributed by atoms with van der Waals surface area (Å²) in [7, 11) is 1.60. The maximum Gasteiger partial charge on any atom is 0.234 e. The summed E-state index contributed by atoms with van der Waals surface area (Å²) in [5.74, 6) is 1.57. The molecule has 0 spiro atoms. The molecule has 2 heterocycles. The first-order valence-electron chi connectivity index (χ1n) is 10.0. The highest BCUT2D eigenvalue weighted by molar-refractivity contribution is 7.80. The average Bonchev–Trinajstić information content (AvgIpc) is 2.72. The average molecular weight is 418 g/mol. The molecule has 6 nitrogen and oxygen atoms in total. The van der Waals surface area contributed by atoms with Gasteiger partial charge in [-0.2, -0.15) is 9.97 Å².